The van der Waals surface area contributed by atoms with Crippen molar-refractivity contribution in [3.05, 3.63) is 0 Å². The second-order valence-corrected chi connectivity index (χ2v) is 4.71. The van der Waals surface area contributed by atoms with Gasteiger partial charge in [0.1, 0.15) is 0 Å². The molecule has 2 atom stereocenters. The Morgan fingerprint density at radius 1 is 1.38 bits per heavy atom. The van der Waals surface area contributed by atoms with Gasteiger partial charge in [-0.05, 0) is 31.6 Å². The number of carbonyl (C=O) groups is 1. The van der Waals surface area contributed by atoms with Crippen molar-refractivity contribution in [2.75, 3.05) is 20.8 Å². The molecule has 1 N–H and O–H groups in total. The van der Waals surface area contributed by atoms with Crippen LogP contribution in [0.4, 0.5) is 0 Å². The van der Waals surface area contributed by atoms with Gasteiger partial charge in [0.15, 0.2) is 0 Å². The molecule has 0 aliphatic rings. The van der Waals surface area contributed by atoms with Gasteiger partial charge in [0, 0.05) is 20.8 Å². The molecule has 0 aliphatic carbocycles. The third-order valence-corrected chi connectivity index (χ3v) is 3.04. The largest absolute Gasteiger partial charge is 0.481 e. The molecule has 0 rings (SSSR count). The minimum Gasteiger partial charge on any atom is -0.481 e. The van der Waals surface area contributed by atoms with E-state index in [-0.39, 0.29) is 17.9 Å². The topological polar surface area (TPSA) is 55.8 Å². The van der Waals surface area contributed by atoms with E-state index in [2.05, 4.69) is 0 Å². The van der Waals surface area contributed by atoms with Crippen molar-refractivity contribution in [3.63, 3.8) is 0 Å². The highest BCUT2D eigenvalue weighted by molar-refractivity contribution is 5.67. The smallest absolute Gasteiger partial charge is 0.303 e. The highest BCUT2D eigenvalue weighted by Gasteiger charge is 2.27. The Kier molecular flexibility index (Phi) is 7.34. The SMILES string of the molecule is COCCC(C)(CCC(C)OC)CC(=O)O. The first-order chi connectivity index (χ1) is 7.43. The maximum absolute atomic E-state index is 10.8. The zero-order valence-electron chi connectivity index (χ0n) is 10.8. The van der Waals surface area contributed by atoms with Crippen molar-refractivity contribution in [1.29, 1.82) is 0 Å². The number of rotatable bonds is 9. The summed E-state index contributed by atoms with van der Waals surface area (Å²) in [5.41, 5.74) is -0.200. The number of aliphatic carboxylic acids is 1. The van der Waals surface area contributed by atoms with Gasteiger partial charge in [0.2, 0.25) is 0 Å². The molecular weight excluding hydrogens is 208 g/mol. The first kappa shape index (κ1) is 15.4. The molecule has 0 radical (unpaired) electrons. The second kappa shape index (κ2) is 7.63. The van der Waals surface area contributed by atoms with E-state index < -0.39 is 5.97 Å². The van der Waals surface area contributed by atoms with Gasteiger partial charge in [0.25, 0.3) is 0 Å². The van der Waals surface area contributed by atoms with E-state index in [1.807, 2.05) is 13.8 Å². The van der Waals surface area contributed by atoms with Crippen molar-refractivity contribution >= 4 is 5.97 Å². The van der Waals surface area contributed by atoms with E-state index in [1.54, 1.807) is 14.2 Å². The summed E-state index contributed by atoms with van der Waals surface area (Å²) in [6.07, 6.45) is 2.86. The number of methoxy groups -OCH3 is 2. The summed E-state index contributed by atoms with van der Waals surface area (Å²) in [6, 6.07) is 0. The van der Waals surface area contributed by atoms with Crippen LogP contribution < -0.4 is 0 Å². The fraction of sp³-hybridized carbons (Fsp3) is 0.917. The lowest BCUT2D eigenvalue weighted by Gasteiger charge is -2.28. The molecule has 4 heteroatoms. The highest BCUT2D eigenvalue weighted by Crippen LogP contribution is 2.32. The van der Waals surface area contributed by atoms with E-state index in [0.29, 0.717) is 6.61 Å². The molecule has 0 saturated carbocycles. The normalized spacial score (nSPS) is 16.8. The van der Waals surface area contributed by atoms with Gasteiger partial charge in [-0.2, -0.15) is 0 Å². The average Bonchev–Trinajstić information content (AvgIpc) is 2.22. The van der Waals surface area contributed by atoms with Crippen LogP contribution in [0.5, 0.6) is 0 Å². The number of hydrogen-bond acceptors (Lipinski definition) is 3. The number of carboxylic acids is 1. The minimum absolute atomic E-state index is 0.177. The molecule has 96 valence electrons. The fourth-order valence-electron chi connectivity index (χ4n) is 1.68. The standard InChI is InChI=1S/C12H24O4/c1-10(16-4)5-6-12(2,7-8-15-3)9-11(13)14/h10H,5-9H2,1-4H3,(H,13,14). The summed E-state index contributed by atoms with van der Waals surface area (Å²) in [6.45, 7) is 4.60. The van der Waals surface area contributed by atoms with Crippen LogP contribution in [-0.4, -0.2) is 38.0 Å². The molecule has 0 bridgehead atoms. The summed E-state index contributed by atoms with van der Waals surface area (Å²) in [5, 5.41) is 8.90. The predicted octanol–water partition coefficient (Wildman–Crippen LogP) is 2.32. The maximum Gasteiger partial charge on any atom is 0.303 e. The Labute approximate surface area is 97.9 Å². The lowest BCUT2D eigenvalue weighted by Crippen LogP contribution is -2.24. The second-order valence-electron chi connectivity index (χ2n) is 4.71. The first-order valence-electron chi connectivity index (χ1n) is 5.67. The molecule has 0 aliphatic heterocycles. The van der Waals surface area contributed by atoms with E-state index in [9.17, 15) is 4.79 Å². The molecule has 0 aromatic rings. The van der Waals surface area contributed by atoms with Crippen molar-refractivity contribution < 1.29 is 19.4 Å². The number of ether oxygens (including phenoxy) is 2. The summed E-state index contributed by atoms with van der Waals surface area (Å²) in [7, 11) is 3.31. The molecule has 0 saturated heterocycles. The van der Waals surface area contributed by atoms with Crippen molar-refractivity contribution in [1.82, 2.24) is 0 Å². The maximum atomic E-state index is 10.8. The molecule has 16 heavy (non-hydrogen) atoms. The summed E-state index contributed by atoms with van der Waals surface area (Å²) < 4.78 is 10.2. The minimum atomic E-state index is -0.747. The lowest BCUT2D eigenvalue weighted by atomic mass is 9.79. The summed E-state index contributed by atoms with van der Waals surface area (Å²) in [5.74, 6) is -0.747. The van der Waals surface area contributed by atoms with Crippen LogP contribution in [0, 0.1) is 5.41 Å². The lowest BCUT2D eigenvalue weighted by molar-refractivity contribution is -0.140. The third kappa shape index (κ3) is 6.80. The molecule has 0 amide bonds. The Morgan fingerprint density at radius 2 is 2.00 bits per heavy atom. The van der Waals surface area contributed by atoms with Gasteiger partial charge < -0.3 is 14.6 Å². The van der Waals surface area contributed by atoms with Crippen LogP contribution in [0.1, 0.15) is 39.5 Å². The van der Waals surface area contributed by atoms with Gasteiger partial charge in [0.05, 0.1) is 12.5 Å². The number of carboxylic acid groups (broad SMARTS) is 1. The van der Waals surface area contributed by atoms with E-state index in [1.165, 1.54) is 0 Å². The van der Waals surface area contributed by atoms with Crippen LogP contribution in [0.3, 0.4) is 0 Å². The fourth-order valence-corrected chi connectivity index (χ4v) is 1.68. The van der Waals surface area contributed by atoms with Crippen molar-refractivity contribution in [2.24, 2.45) is 5.41 Å². The molecule has 0 aromatic heterocycles. The van der Waals surface area contributed by atoms with Gasteiger partial charge >= 0.3 is 5.97 Å². The van der Waals surface area contributed by atoms with E-state index >= 15 is 0 Å². The summed E-state index contributed by atoms with van der Waals surface area (Å²) in [4.78, 5) is 10.8. The Hall–Kier alpha value is -0.610. The first-order valence-corrected chi connectivity index (χ1v) is 5.67. The Bertz CT molecular complexity index is 205. The molecule has 2 unspecified atom stereocenters. The predicted molar refractivity (Wildman–Crippen MR) is 62.6 cm³/mol. The van der Waals surface area contributed by atoms with E-state index in [0.717, 1.165) is 19.3 Å². The van der Waals surface area contributed by atoms with Crippen molar-refractivity contribution in [2.45, 2.75) is 45.6 Å². The summed E-state index contributed by atoms with van der Waals surface area (Å²) >= 11 is 0. The van der Waals surface area contributed by atoms with Gasteiger partial charge in [-0.25, -0.2) is 0 Å². The third-order valence-electron chi connectivity index (χ3n) is 3.04. The van der Waals surface area contributed by atoms with Crippen LogP contribution in [0.2, 0.25) is 0 Å². The quantitative estimate of drug-likeness (QED) is 0.663. The van der Waals surface area contributed by atoms with Gasteiger partial charge in [-0.1, -0.05) is 6.92 Å². The molecule has 0 heterocycles. The average molecular weight is 232 g/mol. The van der Waals surface area contributed by atoms with Crippen LogP contribution in [-0.2, 0) is 14.3 Å². The van der Waals surface area contributed by atoms with Gasteiger partial charge in [-0.3, -0.25) is 4.79 Å². The van der Waals surface area contributed by atoms with Crippen LogP contribution in [0.15, 0.2) is 0 Å². The molecule has 0 fully saturated rings. The van der Waals surface area contributed by atoms with Gasteiger partial charge in [-0.15, -0.1) is 0 Å². The van der Waals surface area contributed by atoms with Crippen LogP contribution >= 0.6 is 0 Å². The Morgan fingerprint density at radius 3 is 2.44 bits per heavy atom. The Balaban J connectivity index is 4.22. The molecular formula is C12H24O4. The number of hydrogen-bond donors (Lipinski definition) is 1. The zero-order valence-corrected chi connectivity index (χ0v) is 10.8. The monoisotopic (exact) mass is 232 g/mol. The highest BCUT2D eigenvalue weighted by atomic mass is 16.5. The van der Waals surface area contributed by atoms with Crippen molar-refractivity contribution in [3.8, 4) is 0 Å². The molecule has 0 aromatic carbocycles. The molecule has 0 spiro atoms. The van der Waals surface area contributed by atoms with E-state index in [4.69, 9.17) is 14.6 Å². The zero-order chi connectivity index (χ0) is 12.6. The van der Waals surface area contributed by atoms with Crippen LogP contribution in [0.25, 0.3) is 0 Å². The molecule has 4 nitrogen and oxygen atoms in total.